The highest BCUT2D eigenvalue weighted by Crippen LogP contribution is 2.49. The number of allylic oxidation sites excluding steroid dienone is 3. The Kier molecular flexibility index (Phi) is 7.52. The third kappa shape index (κ3) is 5.41. The lowest BCUT2D eigenvalue weighted by Crippen LogP contribution is -2.39. The molecular formula is C26H35NO6. The highest BCUT2D eigenvalue weighted by molar-refractivity contribution is 6.04. The van der Waals surface area contributed by atoms with Gasteiger partial charge in [0.25, 0.3) is 0 Å². The fourth-order valence-corrected chi connectivity index (χ4v) is 4.57. The van der Waals surface area contributed by atoms with Gasteiger partial charge in [0.1, 0.15) is 18.1 Å². The molecule has 0 amide bonds. The second-order valence-corrected chi connectivity index (χ2v) is 9.59. The molecule has 0 fully saturated rings. The summed E-state index contributed by atoms with van der Waals surface area (Å²) in [4.78, 5) is 26.7. The van der Waals surface area contributed by atoms with Crippen molar-refractivity contribution in [3.05, 3.63) is 46.3 Å². The van der Waals surface area contributed by atoms with Gasteiger partial charge in [0.15, 0.2) is 5.78 Å². The molecule has 0 aromatic heterocycles. The largest absolute Gasteiger partial charge is 0.497 e. The molecule has 0 saturated carbocycles. The molecule has 1 aliphatic carbocycles. The van der Waals surface area contributed by atoms with E-state index in [0.29, 0.717) is 47.8 Å². The monoisotopic (exact) mass is 457 g/mol. The van der Waals surface area contributed by atoms with Crippen LogP contribution in [0.3, 0.4) is 0 Å². The molecule has 0 spiro atoms. The molecule has 0 radical (unpaired) electrons. The zero-order valence-electron chi connectivity index (χ0n) is 20.7. The molecule has 1 heterocycles. The molecule has 0 unspecified atom stereocenters. The van der Waals surface area contributed by atoms with E-state index in [1.807, 2.05) is 32.9 Å². The molecular weight excluding hydrogens is 422 g/mol. The topological polar surface area (TPSA) is 83.1 Å². The summed E-state index contributed by atoms with van der Waals surface area (Å²) < 4.78 is 22.1. The second-order valence-electron chi connectivity index (χ2n) is 9.59. The van der Waals surface area contributed by atoms with Gasteiger partial charge < -0.3 is 24.3 Å². The number of dihydropyridines is 1. The van der Waals surface area contributed by atoms with Crippen LogP contribution < -0.4 is 14.8 Å². The van der Waals surface area contributed by atoms with E-state index < -0.39 is 11.9 Å². The first kappa shape index (κ1) is 24.8. The van der Waals surface area contributed by atoms with Gasteiger partial charge in [0.2, 0.25) is 0 Å². The van der Waals surface area contributed by atoms with E-state index in [9.17, 15) is 9.59 Å². The van der Waals surface area contributed by atoms with Gasteiger partial charge in [-0.2, -0.15) is 0 Å². The standard InChI is InChI=1S/C26H35NO6/c1-15(2)32-10-11-33-25(29)22-16(3)27-19-13-26(4,5)14-20(28)24(19)23(22)18-9-8-17(30-6)12-21(18)31-7/h8-9,12,15,23,27H,10-11,13-14H2,1-7H3/t23-/m1/s1. The van der Waals surface area contributed by atoms with Gasteiger partial charge >= 0.3 is 5.97 Å². The first-order valence-electron chi connectivity index (χ1n) is 11.3. The lowest BCUT2D eigenvalue weighted by Gasteiger charge is -2.39. The Morgan fingerprint density at radius 1 is 1.15 bits per heavy atom. The van der Waals surface area contributed by atoms with Crippen molar-refractivity contribution in [2.24, 2.45) is 5.41 Å². The number of methoxy groups -OCH3 is 2. The van der Waals surface area contributed by atoms with Gasteiger partial charge in [-0.05, 0) is 38.7 Å². The lowest BCUT2D eigenvalue weighted by atomic mass is 9.68. The van der Waals surface area contributed by atoms with E-state index in [0.717, 1.165) is 11.3 Å². The highest BCUT2D eigenvalue weighted by Gasteiger charge is 2.44. The zero-order chi connectivity index (χ0) is 24.3. The Labute approximate surface area is 196 Å². The van der Waals surface area contributed by atoms with Crippen molar-refractivity contribution in [1.29, 1.82) is 0 Å². The molecule has 1 N–H and O–H groups in total. The molecule has 1 aliphatic heterocycles. The van der Waals surface area contributed by atoms with E-state index in [1.54, 1.807) is 20.3 Å². The van der Waals surface area contributed by atoms with Crippen LogP contribution in [0.25, 0.3) is 0 Å². The molecule has 33 heavy (non-hydrogen) atoms. The predicted molar refractivity (Wildman–Crippen MR) is 125 cm³/mol. The van der Waals surface area contributed by atoms with Gasteiger partial charge in [-0.1, -0.05) is 19.9 Å². The second kappa shape index (κ2) is 10.00. The molecule has 1 aromatic carbocycles. The van der Waals surface area contributed by atoms with Crippen molar-refractivity contribution in [3.8, 4) is 11.5 Å². The molecule has 1 aromatic rings. The Morgan fingerprint density at radius 2 is 1.88 bits per heavy atom. The van der Waals surface area contributed by atoms with Crippen LogP contribution in [0.5, 0.6) is 11.5 Å². The van der Waals surface area contributed by atoms with Crippen LogP contribution in [0.1, 0.15) is 58.9 Å². The fraction of sp³-hybridized carbons (Fsp3) is 0.538. The first-order valence-corrected chi connectivity index (χ1v) is 11.3. The van der Waals surface area contributed by atoms with Crippen LogP contribution in [-0.4, -0.2) is 45.3 Å². The molecule has 3 rings (SSSR count). The van der Waals surface area contributed by atoms with Crippen molar-refractivity contribution >= 4 is 11.8 Å². The van der Waals surface area contributed by atoms with Gasteiger partial charge in [-0.25, -0.2) is 4.79 Å². The Morgan fingerprint density at radius 3 is 2.52 bits per heavy atom. The third-order valence-electron chi connectivity index (χ3n) is 5.98. The summed E-state index contributed by atoms with van der Waals surface area (Å²) in [5.74, 6) is 0.138. The minimum atomic E-state index is -0.593. The summed E-state index contributed by atoms with van der Waals surface area (Å²) in [6.07, 6.45) is 1.17. The zero-order valence-corrected chi connectivity index (χ0v) is 20.7. The maximum absolute atomic E-state index is 13.4. The number of hydrogen-bond donors (Lipinski definition) is 1. The molecule has 7 nitrogen and oxygen atoms in total. The average Bonchev–Trinajstić information content (AvgIpc) is 2.74. The number of benzene rings is 1. The van der Waals surface area contributed by atoms with E-state index in [2.05, 4.69) is 19.2 Å². The van der Waals surface area contributed by atoms with Crippen LogP contribution in [0.15, 0.2) is 40.7 Å². The van der Waals surface area contributed by atoms with Crippen LogP contribution in [0, 0.1) is 5.41 Å². The number of rotatable bonds is 8. The van der Waals surface area contributed by atoms with Crippen LogP contribution in [-0.2, 0) is 19.1 Å². The number of ether oxygens (including phenoxy) is 4. The summed E-state index contributed by atoms with van der Waals surface area (Å²) in [5.41, 5.74) is 3.12. The number of Topliss-reactive ketones (excluding diaryl/α,β-unsaturated/α-hetero) is 1. The molecule has 180 valence electrons. The molecule has 1 atom stereocenters. The van der Waals surface area contributed by atoms with Crippen molar-refractivity contribution in [1.82, 2.24) is 5.32 Å². The van der Waals surface area contributed by atoms with Crippen LogP contribution in [0.2, 0.25) is 0 Å². The molecule has 2 aliphatic rings. The minimum Gasteiger partial charge on any atom is -0.497 e. The number of ketones is 1. The van der Waals surface area contributed by atoms with Gasteiger partial charge in [0.05, 0.1) is 38.4 Å². The van der Waals surface area contributed by atoms with Gasteiger partial charge in [0, 0.05) is 35.0 Å². The summed E-state index contributed by atoms with van der Waals surface area (Å²) in [5, 5.41) is 3.34. The number of carbonyl (C=O) groups is 2. The summed E-state index contributed by atoms with van der Waals surface area (Å²) >= 11 is 0. The maximum atomic E-state index is 13.4. The van der Waals surface area contributed by atoms with Crippen molar-refractivity contribution in [2.45, 2.75) is 59.5 Å². The average molecular weight is 458 g/mol. The van der Waals surface area contributed by atoms with Gasteiger partial charge in [-0.15, -0.1) is 0 Å². The molecule has 0 saturated heterocycles. The van der Waals surface area contributed by atoms with E-state index in [4.69, 9.17) is 18.9 Å². The number of esters is 1. The summed E-state index contributed by atoms with van der Waals surface area (Å²) in [6, 6.07) is 5.43. The van der Waals surface area contributed by atoms with Crippen molar-refractivity contribution < 1.29 is 28.5 Å². The minimum absolute atomic E-state index is 0.0255. The number of hydrogen-bond acceptors (Lipinski definition) is 7. The SMILES string of the molecule is COc1ccc([C@@H]2C(C(=O)OCCOC(C)C)=C(C)NC3=C2C(=O)CC(C)(C)C3)c(OC)c1. The summed E-state index contributed by atoms with van der Waals surface area (Å²) in [6.45, 7) is 10.3. The summed E-state index contributed by atoms with van der Waals surface area (Å²) in [7, 11) is 3.15. The highest BCUT2D eigenvalue weighted by atomic mass is 16.6. The quantitative estimate of drug-likeness (QED) is 0.461. The van der Waals surface area contributed by atoms with Gasteiger partial charge in [-0.3, -0.25) is 4.79 Å². The van der Waals surface area contributed by atoms with Crippen molar-refractivity contribution in [2.75, 3.05) is 27.4 Å². The Balaban J connectivity index is 2.07. The third-order valence-corrected chi connectivity index (χ3v) is 5.98. The van der Waals surface area contributed by atoms with E-state index in [-0.39, 0.29) is 23.9 Å². The lowest BCUT2D eigenvalue weighted by molar-refractivity contribution is -0.141. The Hall–Kier alpha value is -2.80. The van der Waals surface area contributed by atoms with E-state index >= 15 is 0 Å². The molecule has 0 bridgehead atoms. The first-order chi connectivity index (χ1) is 15.6. The van der Waals surface area contributed by atoms with E-state index in [1.165, 1.54) is 0 Å². The predicted octanol–water partition coefficient (Wildman–Crippen LogP) is 4.28. The van der Waals surface area contributed by atoms with Crippen LogP contribution in [0.4, 0.5) is 0 Å². The fourth-order valence-electron chi connectivity index (χ4n) is 4.57. The normalized spacial score (nSPS) is 19.9. The maximum Gasteiger partial charge on any atom is 0.336 e. The Bertz CT molecular complexity index is 988. The van der Waals surface area contributed by atoms with Crippen molar-refractivity contribution in [3.63, 3.8) is 0 Å². The molecule has 7 heteroatoms. The number of carbonyl (C=O) groups excluding carboxylic acids is 2. The number of nitrogens with one attached hydrogen (secondary N) is 1. The smallest absolute Gasteiger partial charge is 0.336 e. The van der Waals surface area contributed by atoms with Crippen LogP contribution >= 0.6 is 0 Å².